The fourth-order valence-electron chi connectivity index (χ4n) is 1.63. The predicted octanol–water partition coefficient (Wildman–Crippen LogP) is -6.14. The van der Waals surface area contributed by atoms with Crippen molar-refractivity contribution in [3.05, 3.63) is 0 Å². The summed E-state index contributed by atoms with van der Waals surface area (Å²) in [5.74, 6) is -1.05. The number of hydrogen-bond donors (Lipinski definition) is 9. The largest absolute Gasteiger partial charge is 0.394 e. The molecule has 11 heteroatoms. The number of ketones is 1. The molecule has 0 spiro atoms. The molecule has 136 valence electrons. The average molecular weight is 341 g/mol. The van der Waals surface area contributed by atoms with E-state index in [2.05, 4.69) is 5.32 Å². The molecule has 0 amide bonds. The average Bonchev–Trinajstić information content (AvgIpc) is 2.57. The van der Waals surface area contributed by atoms with Gasteiger partial charge < -0.3 is 45.6 Å². The van der Waals surface area contributed by atoms with Crippen LogP contribution in [0.4, 0.5) is 0 Å². The smallest absolute Gasteiger partial charge is 0.177 e. The van der Waals surface area contributed by atoms with E-state index in [0.717, 1.165) is 0 Å². The van der Waals surface area contributed by atoms with Crippen molar-refractivity contribution in [2.24, 2.45) is 0 Å². The van der Waals surface area contributed by atoms with Gasteiger partial charge in [-0.15, -0.1) is 0 Å². The number of aldehydes is 1. The number of aliphatic hydroxyl groups excluding tert-OH is 8. The molecule has 0 saturated heterocycles. The summed E-state index contributed by atoms with van der Waals surface area (Å²) in [5.41, 5.74) is 0. The Hall–Kier alpha value is -1.02. The molecular weight excluding hydrogens is 318 g/mol. The molecule has 0 fully saturated rings. The number of aliphatic hydroxyl groups is 8. The highest BCUT2D eigenvalue weighted by Crippen LogP contribution is 2.05. The molecule has 23 heavy (non-hydrogen) atoms. The molecule has 0 saturated carbocycles. The molecule has 0 unspecified atom stereocenters. The third-order valence-electron chi connectivity index (χ3n) is 3.19. The van der Waals surface area contributed by atoms with Crippen LogP contribution in [0.15, 0.2) is 0 Å². The summed E-state index contributed by atoms with van der Waals surface area (Å²) in [7, 11) is 0. The van der Waals surface area contributed by atoms with Crippen LogP contribution in [0.2, 0.25) is 0 Å². The minimum Gasteiger partial charge on any atom is -0.394 e. The van der Waals surface area contributed by atoms with Crippen LogP contribution in [0.1, 0.15) is 0 Å². The molecule has 0 aromatic heterocycles. The first-order valence-corrected chi connectivity index (χ1v) is 6.72. The Morgan fingerprint density at radius 1 is 0.870 bits per heavy atom. The minimum atomic E-state index is -2.05. The van der Waals surface area contributed by atoms with E-state index in [1.165, 1.54) is 0 Å². The van der Waals surface area contributed by atoms with E-state index < -0.39 is 68.2 Å². The van der Waals surface area contributed by atoms with Crippen LogP contribution in [0.25, 0.3) is 0 Å². The van der Waals surface area contributed by atoms with Crippen LogP contribution in [0, 0.1) is 0 Å². The Labute approximate surface area is 131 Å². The third kappa shape index (κ3) is 6.55. The van der Waals surface area contributed by atoms with E-state index in [1.807, 2.05) is 0 Å². The molecule has 7 atom stereocenters. The molecule has 0 aliphatic heterocycles. The second kappa shape index (κ2) is 10.7. The maximum atomic E-state index is 11.6. The van der Waals surface area contributed by atoms with Crippen molar-refractivity contribution in [1.29, 1.82) is 0 Å². The summed E-state index contributed by atoms with van der Waals surface area (Å²) in [6, 6.07) is -1.51. The molecule has 11 nitrogen and oxygen atoms in total. The van der Waals surface area contributed by atoms with Gasteiger partial charge in [0.25, 0.3) is 0 Å². The molecule has 0 aromatic rings. The highest BCUT2D eigenvalue weighted by atomic mass is 16.4. The van der Waals surface area contributed by atoms with E-state index in [-0.39, 0.29) is 6.29 Å². The Morgan fingerprint density at radius 3 is 1.78 bits per heavy atom. The third-order valence-corrected chi connectivity index (χ3v) is 3.19. The molecule has 9 N–H and O–H groups in total. The van der Waals surface area contributed by atoms with Crippen LogP contribution in [-0.2, 0) is 9.59 Å². The van der Waals surface area contributed by atoms with Gasteiger partial charge in [-0.25, -0.2) is 0 Å². The standard InChI is InChI=1S/C12H23NO10/c14-2-5(9(20)11(22)7(18)3-15)13-1-6(17)10(21)12(23)8(19)4-16/h2,5,7-13,15-16,18-23H,1,3-4H2/t5-,7+,8+,9+,10+,11+,12+/m0/s1. The van der Waals surface area contributed by atoms with Gasteiger partial charge in [-0.2, -0.15) is 0 Å². The van der Waals surface area contributed by atoms with Gasteiger partial charge in [0.05, 0.1) is 25.8 Å². The van der Waals surface area contributed by atoms with Gasteiger partial charge in [-0.1, -0.05) is 0 Å². The summed E-state index contributed by atoms with van der Waals surface area (Å²) >= 11 is 0. The highest BCUT2D eigenvalue weighted by Gasteiger charge is 2.33. The summed E-state index contributed by atoms with van der Waals surface area (Å²) in [5, 5.41) is 75.6. The molecule has 0 bridgehead atoms. The Balaban J connectivity index is 4.61. The topological polar surface area (TPSA) is 208 Å². The number of rotatable bonds is 12. The Bertz CT molecular complexity index is 368. The summed E-state index contributed by atoms with van der Waals surface area (Å²) in [6.45, 7) is -2.48. The second-order valence-corrected chi connectivity index (χ2v) is 4.93. The lowest BCUT2D eigenvalue weighted by molar-refractivity contribution is -0.140. The molecule has 0 aliphatic rings. The SMILES string of the molecule is O=C[C@H](NCC(=O)[C@@H](O)[C@H](O)[C@H](O)CO)[C@@H](O)[C@H](O)[C@H](O)CO. The van der Waals surface area contributed by atoms with Crippen molar-refractivity contribution >= 4 is 12.1 Å². The van der Waals surface area contributed by atoms with Crippen molar-refractivity contribution in [2.75, 3.05) is 19.8 Å². The van der Waals surface area contributed by atoms with Crippen LogP contribution in [0.5, 0.6) is 0 Å². The maximum Gasteiger partial charge on any atom is 0.177 e. The van der Waals surface area contributed by atoms with Crippen LogP contribution >= 0.6 is 0 Å². The number of carbonyl (C=O) groups excluding carboxylic acids is 2. The van der Waals surface area contributed by atoms with Crippen molar-refractivity contribution in [2.45, 2.75) is 42.7 Å². The van der Waals surface area contributed by atoms with E-state index >= 15 is 0 Å². The van der Waals surface area contributed by atoms with Gasteiger partial charge in [0.2, 0.25) is 0 Å². The van der Waals surface area contributed by atoms with E-state index in [1.54, 1.807) is 0 Å². The number of Topliss-reactive ketones (excluding diaryl/α,β-unsaturated/α-hetero) is 1. The van der Waals surface area contributed by atoms with E-state index in [0.29, 0.717) is 0 Å². The normalized spacial score (nSPS) is 20.9. The predicted molar refractivity (Wildman–Crippen MR) is 73.1 cm³/mol. The minimum absolute atomic E-state index is 0.136. The fraction of sp³-hybridized carbons (Fsp3) is 0.833. The van der Waals surface area contributed by atoms with Gasteiger partial charge in [-0.3, -0.25) is 10.1 Å². The molecule has 0 heterocycles. The zero-order chi connectivity index (χ0) is 18.2. The van der Waals surface area contributed by atoms with Crippen molar-refractivity contribution < 1.29 is 50.4 Å². The van der Waals surface area contributed by atoms with Crippen molar-refractivity contribution in [3.8, 4) is 0 Å². The number of carbonyl (C=O) groups is 2. The summed E-state index contributed by atoms with van der Waals surface area (Å²) < 4.78 is 0. The van der Waals surface area contributed by atoms with Gasteiger partial charge in [0.15, 0.2) is 5.78 Å². The zero-order valence-corrected chi connectivity index (χ0v) is 12.1. The summed E-state index contributed by atoms with van der Waals surface area (Å²) in [6.07, 6.45) is -11.0. The number of nitrogens with one attached hydrogen (secondary N) is 1. The Morgan fingerprint density at radius 2 is 1.35 bits per heavy atom. The van der Waals surface area contributed by atoms with E-state index in [9.17, 15) is 35.1 Å². The lowest BCUT2D eigenvalue weighted by Gasteiger charge is -2.27. The first kappa shape index (κ1) is 22.0. The Kier molecular flexibility index (Phi) is 10.2. The van der Waals surface area contributed by atoms with E-state index in [4.69, 9.17) is 15.3 Å². The summed E-state index contributed by atoms with van der Waals surface area (Å²) in [4.78, 5) is 22.5. The van der Waals surface area contributed by atoms with Gasteiger partial charge in [-0.05, 0) is 0 Å². The van der Waals surface area contributed by atoms with Crippen LogP contribution < -0.4 is 5.32 Å². The van der Waals surface area contributed by atoms with Crippen molar-refractivity contribution in [1.82, 2.24) is 5.32 Å². The number of hydrogen-bond acceptors (Lipinski definition) is 11. The lowest BCUT2D eigenvalue weighted by atomic mass is 10.0. The van der Waals surface area contributed by atoms with Gasteiger partial charge in [0.1, 0.15) is 42.9 Å². The molecule has 0 aliphatic carbocycles. The first-order chi connectivity index (χ1) is 10.7. The molecule has 0 aromatic carbocycles. The van der Waals surface area contributed by atoms with Gasteiger partial charge >= 0.3 is 0 Å². The van der Waals surface area contributed by atoms with Gasteiger partial charge in [0, 0.05) is 0 Å². The monoisotopic (exact) mass is 341 g/mol. The maximum absolute atomic E-state index is 11.6. The second-order valence-electron chi connectivity index (χ2n) is 4.93. The zero-order valence-electron chi connectivity index (χ0n) is 12.1. The molecule has 0 radical (unpaired) electrons. The quantitative estimate of drug-likeness (QED) is 0.152. The first-order valence-electron chi connectivity index (χ1n) is 6.72. The van der Waals surface area contributed by atoms with Crippen molar-refractivity contribution in [3.63, 3.8) is 0 Å². The van der Waals surface area contributed by atoms with Crippen LogP contribution in [0.3, 0.4) is 0 Å². The molecule has 0 rings (SSSR count). The highest BCUT2D eigenvalue weighted by molar-refractivity contribution is 5.85. The van der Waals surface area contributed by atoms with Crippen LogP contribution in [-0.4, -0.2) is 115 Å². The fourth-order valence-corrected chi connectivity index (χ4v) is 1.63. The lowest BCUT2D eigenvalue weighted by Crippen LogP contribution is -2.54. The molecular formula is C12H23NO10.